The van der Waals surface area contributed by atoms with Crippen LogP contribution >= 0.6 is 0 Å². The van der Waals surface area contributed by atoms with Gasteiger partial charge in [0.05, 0.1) is 19.4 Å². The highest BCUT2D eigenvalue weighted by molar-refractivity contribution is 6.02. The lowest BCUT2D eigenvalue weighted by Gasteiger charge is -2.22. The summed E-state index contributed by atoms with van der Waals surface area (Å²) in [6.07, 6.45) is 3.87. The van der Waals surface area contributed by atoms with Gasteiger partial charge in [-0.1, -0.05) is 0 Å². The molecule has 1 heterocycles. The molecule has 0 saturated carbocycles. The number of ether oxygens (including phenoxy) is 1. The third-order valence-electron chi connectivity index (χ3n) is 2.69. The summed E-state index contributed by atoms with van der Waals surface area (Å²) in [7, 11) is 1.68. The number of likely N-dealkylation sites (N-methyl/N-ethyl adjacent to an activating group) is 1. The Kier molecular flexibility index (Phi) is 3.25. The van der Waals surface area contributed by atoms with Gasteiger partial charge in [0.1, 0.15) is 5.75 Å². The van der Waals surface area contributed by atoms with Gasteiger partial charge in [-0.2, -0.15) is 0 Å². The van der Waals surface area contributed by atoms with Crippen LogP contribution in [0, 0.1) is 0 Å². The molecule has 0 aliphatic carbocycles. The highest BCUT2D eigenvalue weighted by Crippen LogP contribution is 2.14. The molecule has 1 aliphatic rings. The van der Waals surface area contributed by atoms with Crippen LogP contribution in [0.4, 0.5) is 0 Å². The predicted molar refractivity (Wildman–Crippen MR) is 65.9 cm³/mol. The van der Waals surface area contributed by atoms with E-state index < -0.39 is 0 Å². The second-order valence-corrected chi connectivity index (χ2v) is 3.67. The third-order valence-corrected chi connectivity index (χ3v) is 2.69. The normalized spacial score (nSPS) is 14.9. The van der Waals surface area contributed by atoms with Gasteiger partial charge in [0.25, 0.3) is 0 Å². The van der Waals surface area contributed by atoms with Crippen LogP contribution in [0.25, 0.3) is 0 Å². The topological polar surface area (TPSA) is 24.8 Å². The number of rotatable bonds is 3. The van der Waals surface area contributed by atoms with Crippen molar-refractivity contribution in [3.63, 3.8) is 0 Å². The van der Waals surface area contributed by atoms with Crippen molar-refractivity contribution in [2.75, 3.05) is 20.2 Å². The zero-order valence-electron chi connectivity index (χ0n) is 9.68. The van der Waals surface area contributed by atoms with Crippen molar-refractivity contribution in [3.8, 4) is 5.75 Å². The van der Waals surface area contributed by atoms with Gasteiger partial charge in [0, 0.05) is 18.9 Å². The molecular weight excluding hydrogens is 200 g/mol. The van der Waals surface area contributed by atoms with Crippen LogP contribution in [0.15, 0.2) is 41.7 Å². The highest BCUT2D eigenvalue weighted by Gasteiger charge is 2.09. The van der Waals surface area contributed by atoms with Gasteiger partial charge in [-0.3, -0.25) is 4.99 Å². The molecule has 0 radical (unpaired) electrons. The number of aliphatic imine (C=N–C) groups is 1. The van der Waals surface area contributed by atoms with Crippen molar-refractivity contribution in [2.24, 2.45) is 4.99 Å². The van der Waals surface area contributed by atoms with Crippen LogP contribution in [-0.2, 0) is 0 Å². The molecule has 3 heteroatoms. The molecule has 1 aromatic rings. The molecule has 0 atom stereocenters. The zero-order chi connectivity index (χ0) is 11.4. The third kappa shape index (κ3) is 2.24. The van der Waals surface area contributed by atoms with Gasteiger partial charge in [-0.15, -0.1) is 0 Å². The maximum Gasteiger partial charge on any atom is 0.118 e. The summed E-state index contributed by atoms with van der Waals surface area (Å²) in [4.78, 5) is 6.64. The maximum atomic E-state index is 5.13. The molecule has 1 aromatic carbocycles. The van der Waals surface area contributed by atoms with E-state index in [1.54, 1.807) is 7.11 Å². The Bertz CT molecular complexity index is 406. The molecule has 2 rings (SSSR count). The zero-order valence-corrected chi connectivity index (χ0v) is 9.68. The standard InChI is InChI=1S/C13H16N2O/c1-3-15-9-8-14-13(10-15)11-4-6-12(16-2)7-5-11/h4-9H,3,10H2,1-2H3. The van der Waals surface area contributed by atoms with Gasteiger partial charge in [0.2, 0.25) is 0 Å². The quantitative estimate of drug-likeness (QED) is 0.774. The minimum absolute atomic E-state index is 0.874. The van der Waals surface area contributed by atoms with Crippen molar-refractivity contribution >= 4 is 5.71 Å². The van der Waals surface area contributed by atoms with E-state index in [1.807, 2.05) is 36.7 Å². The van der Waals surface area contributed by atoms with E-state index in [0.717, 1.165) is 30.1 Å². The van der Waals surface area contributed by atoms with E-state index in [-0.39, 0.29) is 0 Å². The average molecular weight is 216 g/mol. The molecule has 0 spiro atoms. The molecule has 0 bridgehead atoms. The lowest BCUT2D eigenvalue weighted by molar-refractivity contribution is 0.414. The summed E-state index contributed by atoms with van der Waals surface area (Å²) >= 11 is 0. The van der Waals surface area contributed by atoms with Crippen molar-refractivity contribution in [1.29, 1.82) is 0 Å². The molecule has 0 saturated heterocycles. The Hall–Kier alpha value is -1.77. The van der Waals surface area contributed by atoms with Crippen LogP contribution in [0.3, 0.4) is 0 Å². The summed E-state index contributed by atoms with van der Waals surface area (Å²) in [6, 6.07) is 8.02. The molecular formula is C13H16N2O. The first-order valence-electron chi connectivity index (χ1n) is 5.45. The summed E-state index contributed by atoms with van der Waals surface area (Å²) in [5, 5.41) is 0. The number of hydrogen-bond donors (Lipinski definition) is 0. The number of hydrogen-bond acceptors (Lipinski definition) is 3. The van der Waals surface area contributed by atoms with Crippen LogP contribution in [0.1, 0.15) is 12.5 Å². The first-order valence-corrected chi connectivity index (χ1v) is 5.45. The van der Waals surface area contributed by atoms with Crippen LogP contribution in [-0.4, -0.2) is 30.8 Å². The second kappa shape index (κ2) is 4.84. The Morgan fingerprint density at radius 3 is 2.69 bits per heavy atom. The van der Waals surface area contributed by atoms with Gasteiger partial charge >= 0.3 is 0 Å². The van der Waals surface area contributed by atoms with E-state index in [4.69, 9.17) is 4.74 Å². The van der Waals surface area contributed by atoms with Crippen LogP contribution in [0.5, 0.6) is 5.75 Å². The Balaban J connectivity index is 2.18. The Morgan fingerprint density at radius 1 is 1.31 bits per heavy atom. The smallest absolute Gasteiger partial charge is 0.118 e. The van der Waals surface area contributed by atoms with E-state index >= 15 is 0 Å². The average Bonchev–Trinajstić information content (AvgIpc) is 2.39. The fraction of sp³-hybridized carbons (Fsp3) is 0.308. The van der Waals surface area contributed by atoms with Gasteiger partial charge in [-0.25, -0.2) is 0 Å². The summed E-state index contributed by atoms with van der Waals surface area (Å²) in [5.74, 6) is 0.878. The lowest BCUT2D eigenvalue weighted by atomic mass is 10.1. The second-order valence-electron chi connectivity index (χ2n) is 3.67. The molecule has 0 fully saturated rings. The molecule has 0 aromatic heterocycles. The molecule has 84 valence electrons. The van der Waals surface area contributed by atoms with Crippen molar-refractivity contribution in [2.45, 2.75) is 6.92 Å². The fourth-order valence-corrected chi connectivity index (χ4v) is 1.67. The fourth-order valence-electron chi connectivity index (χ4n) is 1.67. The van der Waals surface area contributed by atoms with Gasteiger partial charge < -0.3 is 9.64 Å². The summed E-state index contributed by atoms with van der Waals surface area (Å²) in [5.41, 5.74) is 2.26. The van der Waals surface area contributed by atoms with Crippen molar-refractivity contribution in [1.82, 2.24) is 4.90 Å². The monoisotopic (exact) mass is 216 g/mol. The SMILES string of the molecule is CCN1C=CN=C(c2ccc(OC)cc2)C1. The Morgan fingerprint density at radius 2 is 2.06 bits per heavy atom. The first-order chi connectivity index (χ1) is 7.83. The first kappa shape index (κ1) is 10.7. The van der Waals surface area contributed by atoms with Crippen molar-refractivity contribution < 1.29 is 4.74 Å². The molecule has 0 N–H and O–H groups in total. The van der Waals surface area contributed by atoms with Gasteiger partial charge in [-0.05, 0) is 36.8 Å². The van der Waals surface area contributed by atoms with Crippen LogP contribution < -0.4 is 4.74 Å². The lowest BCUT2D eigenvalue weighted by Crippen LogP contribution is -2.27. The molecule has 16 heavy (non-hydrogen) atoms. The van der Waals surface area contributed by atoms with Crippen LogP contribution in [0.2, 0.25) is 0 Å². The highest BCUT2D eigenvalue weighted by atomic mass is 16.5. The molecule has 0 unspecified atom stereocenters. The maximum absolute atomic E-state index is 5.13. The summed E-state index contributed by atoms with van der Waals surface area (Å²) < 4.78 is 5.13. The molecule has 3 nitrogen and oxygen atoms in total. The minimum atomic E-state index is 0.874. The van der Waals surface area contributed by atoms with E-state index in [9.17, 15) is 0 Å². The largest absolute Gasteiger partial charge is 0.497 e. The van der Waals surface area contributed by atoms with E-state index in [2.05, 4.69) is 16.8 Å². The minimum Gasteiger partial charge on any atom is -0.497 e. The summed E-state index contributed by atoms with van der Waals surface area (Å²) in [6.45, 7) is 4.02. The molecule has 1 aliphatic heterocycles. The number of methoxy groups -OCH3 is 1. The number of benzene rings is 1. The van der Waals surface area contributed by atoms with Crippen molar-refractivity contribution in [3.05, 3.63) is 42.2 Å². The van der Waals surface area contributed by atoms with E-state index in [1.165, 1.54) is 0 Å². The molecule has 0 amide bonds. The van der Waals surface area contributed by atoms with Gasteiger partial charge in [0.15, 0.2) is 0 Å². The Labute approximate surface area is 96.1 Å². The predicted octanol–water partition coefficient (Wildman–Crippen LogP) is 2.29. The van der Waals surface area contributed by atoms with E-state index in [0.29, 0.717) is 0 Å². The number of nitrogens with zero attached hydrogens (tertiary/aromatic N) is 2.